The summed E-state index contributed by atoms with van der Waals surface area (Å²) in [5.74, 6) is 0.00514. The van der Waals surface area contributed by atoms with Crippen molar-refractivity contribution in [2.75, 3.05) is 11.1 Å². The molecule has 0 aliphatic rings. The lowest BCUT2D eigenvalue weighted by Gasteiger charge is -2.13. The summed E-state index contributed by atoms with van der Waals surface area (Å²) in [6, 6.07) is 5.48. The van der Waals surface area contributed by atoms with Crippen molar-refractivity contribution < 1.29 is 4.79 Å². The van der Waals surface area contributed by atoms with Gasteiger partial charge < -0.3 is 5.32 Å². The number of amides is 1. The van der Waals surface area contributed by atoms with Crippen LogP contribution in [0.25, 0.3) is 10.9 Å². The number of carbonyl (C=O) groups excluding carboxylic acids is 1. The maximum absolute atomic E-state index is 13.0. The standard InChI is InChI=1S/C19H21BrN4O2S2/c1-3-4-5-8-24-17(26)14-9-13(20)6-7-15(14)22-19(24)28-11-16(25)23-18-21-12(2)10-27-18/h6-7,9-10H,3-5,8,11H2,1-2H3,(H,21,23,25). The fraction of sp³-hybridized carbons (Fsp3) is 0.368. The molecule has 3 rings (SSSR count). The number of aromatic nitrogens is 3. The monoisotopic (exact) mass is 480 g/mol. The first kappa shape index (κ1) is 21.0. The molecule has 0 bridgehead atoms. The number of benzene rings is 1. The summed E-state index contributed by atoms with van der Waals surface area (Å²) in [6.07, 6.45) is 3.01. The first-order valence-corrected chi connectivity index (χ1v) is 11.7. The van der Waals surface area contributed by atoms with Gasteiger partial charge in [0.15, 0.2) is 10.3 Å². The Bertz CT molecular complexity index is 1050. The number of hydrogen-bond donors (Lipinski definition) is 1. The SMILES string of the molecule is CCCCCn1c(SCC(=O)Nc2nc(C)cs2)nc2ccc(Br)cc2c1=O. The zero-order chi connectivity index (χ0) is 20.1. The van der Waals surface area contributed by atoms with Crippen molar-refractivity contribution in [2.24, 2.45) is 0 Å². The van der Waals surface area contributed by atoms with E-state index < -0.39 is 0 Å². The number of halogens is 1. The third kappa shape index (κ3) is 5.21. The van der Waals surface area contributed by atoms with Gasteiger partial charge in [-0.15, -0.1) is 11.3 Å². The van der Waals surface area contributed by atoms with Crippen LogP contribution in [0, 0.1) is 6.92 Å². The molecule has 148 valence electrons. The van der Waals surface area contributed by atoms with Crippen LogP contribution in [0.5, 0.6) is 0 Å². The molecule has 0 atom stereocenters. The fourth-order valence-electron chi connectivity index (χ4n) is 2.70. The van der Waals surface area contributed by atoms with Crippen LogP contribution in [0.3, 0.4) is 0 Å². The summed E-state index contributed by atoms with van der Waals surface area (Å²) in [4.78, 5) is 34.2. The Morgan fingerprint density at radius 1 is 1.32 bits per heavy atom. The highest BCUT2D eigenvalue weighted by atomic mass is 79.9. The second-order valence-corrected chi connectivity index (χ2v) is 9.07. The van der Waals surface area contributed by atoms with E-state index in [-0.39, 0.29) is 17.2 Å². The molecule has 0 saturated carbocycles. The van der Waals surface area contributed by atoms with Gasteiger partial charge in [0.2, 0.25) is 5.91 Å². The van der Waals surface area contributed by atoms with Gasteiger partial charge in [-0.2, -0.15) is 0 Å². The van der Waals surface area contributed by atoms with Gasteiger partial charge in [-0.25, -0.2) is 9.97 Å². The summed E-state index contributed by atoms with van der Waals surface area (Å²) >= 11 is 6.09. The quantitative estimate of drug-likeness (QED) is 0.283. The number of rotatable bonds is 8. The van der Waals surface area contributed by atoms with Crippen molar-refractivity contribution in [1.82, 2.24) is 14.5 Å². The number of fused-ring (bicyclic) bond motifs is 1. The Balaban J connectivity index is 1.83. The Kier molecular flexibility index (Phi) is 7.25. The lowest BCUT2D eigenvalue weighted by Crippen LogP contribution is -2.24. The van der Waals surface area contributed by atoms with E-state index in [9.17, 15) is 9.59 Å². The van der Waals surface area contributed by atoms with E-state index >= 15 is 0 Å². The highest BCUT2D eigenvalue weighted by molar-refractivity contribution is 9.10. The summed E-state index contributed by atoms with van der Waals surface area (Å²) in [5, 5.41) is 6.41. The van der Waals surface area contributed by atoms with Gasteiger partial charge in [-0.05, 0) is 31.5 Å². The van der Waals surface area contributed by atoms with Gasteiger partial charge >= 0.3 is 0 Å². The van der Waals surface area contributed by atoms with Gasteiger partial charge in [-0.1, -0.05) is 47.5 Å². The predicted molar refractivity (Wildman–Crippen MR) is 119 cm³/mol. The van der Waals surface area contributed by atoms with Crippen LogP contribution in [-0.2, 0) is 11.3 Å². The van der Waals surface area contributed by atoms with Crippen LogP contribution in [0.15, 0.2) is 38.0 Å². The number of unbranched alkanes of at least 4 members (excludes halogenated alkanes) is 2. The average Bonchev–Trinajstić information content (AvgIpc) is 3.07. The zero-order valence-corrected chi connectivity index (χ0v) is 18.9. The van der Waals surface area contributed by atoms with Gasteiger partial charge in [-0.3, -0.25) is 14.2 Å². The summed E-state index contributed by atoms with van der Waals surface area (Å²) in [5.41, 5.74) is 1.44. The van der Waals surface area contributed by atoms with E-state index in [4.69, 9.17) is 0 Å². The molecule has 0 saturated heterocycles. The zero-order valence-electron chi connectivity index (χ0n) is 15.7. The molecule has 1 aromatic carbocycles. The fourth-order valence-corrected chi connectivity index (χ4v) is 4.59. The van der Waals surface area contributed by atoms with Crippen molar-refractivity contribution in [3.63, 3.8) is 0 Å². The number of thioether (sulfide) groups is 1. The molecule has 28 heavy (non-hydrogen) atoms. The van der Waals surface area contributed by atoms with Crippen molar-refractivity contribution in [3.05, 3.63) is 44.1 Å². The second kappa shape index (κ2) is 9.67. The van der Waals surface area contributed by atoms with Crippen LogP contribution in [0.4, 0.5) is 5.13 Å². The highest BCUT2D eigenvalue weighted by Crippen LogP contribution is 2.22. The minimum absolute atomic E-state index is 0.0686. The Morgan fingerprint density at radius 3 is 2.86 bits per heavy atom. The van der Waals surface area contributed by atoms with Crippen LogP contribution in [0.1, 0.15) is 31.9 Å². The molecule has 0 aliphatic carbocycles. The number of carbonyl (C=O) groups is 1. The molecule has 0 aliphatic heterocycles. The van der Waals surface area contributed by atoms with Crippen molar-refractivity contribution >= 4 is 61.0 Å². The van der Waals surface area contributed by atoms with E-state index in [1.165, 1.54) is 23.1 Å². The Hall–Kier alpha value is -1.71. The number of anilines is 1. The predicted octanol–water partition coefficient (Wildman–Crippen LogP) is 4.84. The first-order valence-electron chi connectivity index (χ1n) is 9.03. The van der Waals surface area contributed by atoms with E-state index in [0.29, 0.717) is 27.7 Å². The third-order valence-corrected chi connectivity index (χ3v) is 6.41. The minimum Gasteiger partial charge on any atom is -0.301 e. The van der Waals surface area contributed by atoms with Crippen molar-refractivity contribution in [2.45, 2.75) is 44.8 Å². The third-order valence-electron chi connectivity index (χ3n) is 4.06. The lowest BCUT2D eigenvalue weighted by atomic mass is 10.2. The molecule has 9 heteroatoms. The molecule has 2 aromatic heterocycles. The lowest BCUT2D eigenvalue weighted by molar-refractivity contribution is -0.113. The molecule has 0 radical (unpaired) electrons. The van der Waals surface area contributed by atoms with E-state index in [1.807, 2.05) is 24.4 Å². The van der Waals surface area contributed by atoms with Gasteiger partial charge in [0.25, 0.3) is 5.56 Å². The molecule has 1 N–H and O–H groups in total. The smallest absolute Gasteiger partial charge is 0.262 e. The van der Waals surface area contributed by atoms with Crippen LogP contribution in [0.2, 0.25) is 0 Å². The minimum atomic E-state index is -0.162. The van der Waals surface area contributed by atoms with Gasteiger partial charge in [0.1, 0.15) is 0 Å². The topological polar surface area (TPSA) is 76.9 Å². The van der Waals surface area contributed by atoms with Gasteiger partial charge in [0.05, 0.1) is 22.3 Å². The molecular formula is C19H21BrN4O2S2. The second-order valence-electron chi connectivity index (χ2n) is 6.35. The van der Waals surface area contributed by atoms with Crippen LogP contribution >= 0.6 is 39.0 Å². The Labute approximate surface area is 179 Å². The molecule has 0 fully saturated rings. The molecule has 0 spiro atoms. The largest absolute Gasteiger partial charge is 0.301 e. The first-order chi connectivity index (χ1) is 13.5. The van der Waals surface area contributed by atoms with E-state index in [0.717, 1.165) is 29.4 Å². The van der Waals surface area contributed by atoms with Crippen LogP contribution < -0.4 is 10.9 Å². The Morgan fingerprint density at radius 2 is 2.14 bits per heavy atom. The molecule has 0 unspecified atom stereocenters. The molecule has 3 aromatic rings. The summed E-state index contributed by atoms with van der Waals surface area (Å²) in [7, 11) is 0. The van der Waals surface area contributed by atoms with Crippen molar-refractivity contribution in [1.29, 1.82) is 0 Å². The van der Waals surface area contributed by atoms with Crippen LogP contribution in [-0.4, -0.2) is 26.2 Å². The number of thiazole rings is 1. The summed E-state index contributed by atoms with van der Waals surface area (Å²) < 4.78 is 2.54. The molecular weight excluding hydrogens is 460 g/mol. The average molecular weight is 481 g/mol. The van der Waals surface area contributed by atoms with E-state index in [2.05, 4.69) is 38.1 Å². The normalized spacial score (nSPS) is 11.1. The number of hydrogen-bond acceptors (Lipinski definition) is 6. The van der Waals surface area contributed by atoms with Gasteiger partial charge in [0, 0.05) is 16.4 Å². The van der Waals surface area contributed by atoms with Crippen molar-refractivity contribution in [3.8, 4) is 0 Å². The molecule has 1 amide bonds. The number of aryl methyl sites for hydroxylation is 1. The maximum Gasteiger partial charge on any atom is 0.262 e. The molecule has 2 heterocycles. The highest BCUT2D eigenvalue weighted by Gasteiger charge is 2.14. The maximum atomic E-state index is 13.0. The van der Waals surface area contributed by atoms with E-state index in [1.54, 1.807) is 10.6 Å². The molecule has 6 nitrogen and oxygen atoms in total. The summed E-state index contributed by atoms with van der Waals surface area (Å²) in [6.45, 7) is 4.60. The number of nitrogens with one attached hydrogen (secondary N) is 1. The number of nitrogens with zero attached hydrogens (tertiary/aromatic N) is 3.